The topological polar surface area (TPSA) is 81.9 Å². The molecule has 168 valence electrons. The highest BCUT2D eigenvalue weighted by molar-refractivity contribution is 7.98. The Hall–Kier alpha value is -3.56. The van der Waals surface area contributed by atoms with E-state index in [9.17, 15) is 9.18 Å². The van der Waals surface area contributed by atoms with Crippen LogP contribution in [0, 0.1) is 5.82 Å². The van der Waals surface area contributed by atoms with Gasteiger partial charge in [-0.05, 0) is 54.1 Å². The molecule has 0 aliphatic rings. The molecule has 7 nitrogen and oxygen atoms in total. The molecule has 33 heavy (non-hydrogen) atoms. The Morgan fingerprint density at radius 2 is 1.76 bits per heavy atom. The molecule has 1 N–H and O–H groups in total. The van der Waals surface area contributed by atoms with E-state index >= 15 is 0 Å². The van der Waals surface area contributed by atoms with Crippen molar-refractivity contribution >= 4 is 17.7 Å². The fourth-order valence-corrected chi connectivity index (χ4v) is 4.05. The van der Waals surface area contributed by atoms with Crippen LogP contribution in [0.3, 0.4) is 0 Å². The van der Waals surface area contributed by atoms with E-state index in [0.717, 1.165) is 16.8 Å². The zero-order chi connectivity index (χ0) is 23.0. The van der Waals surface area contributed by atoms with Crippen molar-refractivity contribution in [2.45, 2.75) is 10.9 Å². The van der Waals surface area contributed by atoms with Gasteiger partial charge in [0.25, 0.3) is 5.91 Å². The zero-order valence-corrected chi connectivity index (χ0v) is 18.8. The van der Waals surface area contributed by atoms with E-state index in [0.29, 0.717) is 35.4 Å². The van der Waals surface area contributed by atoms with E-state index in [1.54, 1.807) is 43.8 Å². The van der Waals surface area contributed by atoms with Crippen molar-refractivity contribution in [3.05, 3.63) is 90.0 Å². The SMILES string of the molecule is COCCNC(=O)c1ccc(CSc2nnc(-c3ccncc3)n2-c2ccc(F)cc2)cc1. The predicted molar refractivity (Wildman–Crippen MR) is 125 cm³/mol. The number of benzene rings is 2. The van der Waals surface area contributed by atoms with Gasteiger partial charge in [-0.15, -0.1) is 10.2 Å². The van der Waals surface area contributed by atoms with Crippen molar-refractivity contribution in [2.24, 2.45) is 0 Å². The normalized spacial score (nSPS) is 10.8. The number of hydrogen-bond donors (Lipinski definition) is 1. The van der Waals surface area contributed by atoms with E-state index in [-0.39, 0.29) is 11.7 Å². The number of pyridine rings is 1. The summed E-state index contributed by atoms with van der Waals surface area (Å²) in [6, 6.07) is 17.4. The van der Waals surface area contributed by atoms with Gasteiger partial charge in [0.2, 0.25) is 0 Å². The van der Waals surface area contributed by atoms with Gasteiger partial charge in [0.15, 0.2) is 11.0 Å². The van der Waals surface area contributed by atoms with Crippen molar-refractivity contribution in [3.63, 3.8) is 0 Å². The third-order valence-electron chi connectivity index (χ3n) is 4.83. The molecule has 1 amide bonds. The molecular weight excluding hydrogens is 441 g/mol. The molecule has 2 aromatic heterocycles. The monoisotopic (exact) mass is 463 g/mol. The van der Waals surface area contributed by atoms with Crippen molar-refractivity contribution in [2.75, 3.05) is 20.3 Å². The third-order valence-corrected chi connectivity index (χ3v) is 5.83. The first-order valence-electron chi connectivity index (χ1n) is 10.3. The molecule has 0 atom stereocenters. The standard InChI is InChI=1S/C24H22FN5O2S/c1-32-15-14-27-23(31)19-4-2-17(3-5-19)16-33-24-29-28-22(18-10-12-26-13-11-18)30(24)21-8-6-20(25)7-9-21/h2-13H,14-16H2,1H3,(H,27,31). The molecule has 4 aromatic rings. The van der Waals surface area contributed by atoms with Gasteiger partial charge < -0.3 is 10.1 Å². The largest absolute Gasteiger partial charge is 0.383 e. The number of methoxy groups -OCH3 is 1. The number of rotatable bonds is 9. The molecule has 0 unspecified atom stereocenters. The fourth-order valence-electron chi connectivity index (χ4n) is 3.14. The first-order valence-corrected chi connectivity index (χ1v) is 11.2. The number of thioether (sulfide) groups is 1. The van der Waals surface area contributed by atoms with Crippen LogP contribution in [-0.2, 0) is 10.5 Å². The maximum absolute atomic E-state index is 13.5. The summed E-state index contributed by atoms with van der Waals surface area (Å²) in [4.78, 5) is 16.2. The number of aromatic nitrogens is 4. The Balaban J connectivity index is 1.53. The second-order valence-corrected chi connectivity index (χ2v) is 8.03. The van der Waals surface area contributed by atoms with E-state index in [1.165, 1.54) is 23.9 Å². The maximum atomic E-state index is 13.5. The van der Waals surface area contributed by atoms with Gasteiger partial charge in [-0.3, -0.25) is 14.3 Å². The number of carbonyl (C=O) groups is 1. The minimum atomic E-state index is -0.308. The van der Waals surface area contributed by atoms with Gasteiger partial charge in [-0.25, -0.2) is 4.39 Å². The fraction of sp³-hybridized carbons (Fsp3) is 0.167. The minimum absolute atomic E-state index is 0.135. The van der Waals surface area contributed by atoms with Gasteiger partial charge in [0.05, 0.1) is 6.61 Å². The van der Waals surface area contributed by atoms with Gasteiger partial charge in [-0.1, -0.05) is 23.9 Å². The van der Waals surface area contributed by atoms with Crippen LogP contribution >= 0.6 is 11.8 Å². The molecular formula is C24H22FN5O2S. The number of hydrogen-bond acceptors (Lipinski definition) is 6. The first-order chi connectivity index (χ1) is 16.2. The van der Waals surface area contributed by atoms with Crippen LogP contribution in [0.4, 0.5) is 4.39 Å². The first kappa shape index (κ1) is 22.6. The lowest BCUT2D eigenvalue weighted by Crippen LogP contribution is -2.26. The molecule has 0 radical (unpaired) electrons. The number of nitrogens with zero attached hydrogens (tertiary/aromatic N) is 4. The summed E-state index contributed by atoms with van der Waals surface area (Å²) in [5.74, 6) is 0.832. The Bertz CT molecular complexity index is 1200. The van der Waals surface area contributed by atoms with E-state index in [2.05, 4.69) is 20.5 Å². The number of carbonyl (C=O) groups excluding carboxylic acids is 1. The Morgan fingerprint density at radius 1 is 1.03 bits per heavy atom. The summed E-state index contributed by atoms with van der Waals surface area (Å²) in [7, 11) is 1.59. The molecule has 2 heterocycles. The van der Waals surface area contributed by atoms with Crippen LogP contribution in [-0.4, -0.2) is 45.9 Å². The van der Waals surface area contributed by atoms with E-state index in [1.807, 2.05) is 28.8 Å². The molecule has 9 heteroatoms. The highest BCUT2D eigenvalue weighted by atomic mass is 32.2. The highest BCUT2D eigenvalue weighted by Crippen LogP contribution is 2.29. The Labute approximate surface area is 195 Å². The zero-order valence-electron chi connectivity index (χ0n) is 17.9. The summed E-state index contributed by atoms with van der Waals surface area (Å²) in [6.07, 6.45) is 3.39. The summed E-state index contributed by atoms with van der Waals surface area (Å²) in [5.41, 5.74) is 3.25. The summed E-state index contributed by atoms with van der Waals surface area (Å²) >= 11 is 1.51. The van der Waals surface area contributed by atoms with E-state index in [4.69, 9.17) is 4.74 Å². The van der Waals surface area contributed by atoms with Gasteiger partial charge in [0, 0.05) is 48.6 Å². The van der Waals surface area contributed by atoms with Gasteiger partial charge in [-0.2, -0.15) is 0 Å². The molecule has 0 aliphatic carbocycles. The molecule has 0 saturated carbocycles. The molecule has 0 saturated heterocycles. The lowest BCUT2D eigenvalue weighted by molar-refractivity contribution is 0.0937. The van der Waals surface area contributed by atoms with Crippen molar-refractivity contribution in [1.29, 1.82) is 0 Å². The average molecular weight is 464 g/mol. The van der Waals surface area contributed by atoms with Crippen molar-refractivity contribution < 1.29 is 13.9 Å². The second kappa shape index (κ2) is 10.8. The number of amides is 1. The Morgan fingerprint density at radius 3 is 2.45 bits per heavy atom. The molecule has 0 aliphatic heterocycles. The van der Waals surface area contributed by atoms with E-state index < -0.39 is 0 Å². The number of nitrogens with one attached hydrogen (secondary N) is 1. The lowest BCUT2D eigenvalue weighted by Gasteiger charge is -2.10. The van der Waals surface area contributed by atoms with Crippen LogP contribution in [0.25, 0.3) is 17.1 Å². The predicted octanol–water partition coefficient (Wildman–Crippen LogP) is 4.14. The molecule has 2 aromatic carbocycles. The quantitative estimate of drug-likeness (QED) is 0.297. The molecule has 0 bridgehead atoms. The summed E-state index contributed by atoms with van der Waals surface area (Å²) in [6.45, 7) is 0.933. The highest BCUT2D eigenvalue weighted by Gasteiger charge is 2.16. The average Bonchev–Trinajstić information content (AvgIpc) is 3.28. The summed E-state index contributed by atoms with van der Waals surface area (Å²) < 4.78 is 20.4. The number of ether oxygens (including phenoxy) is 1. The van der Waals surface area contributed by atoms with Crippen LogP contribution < -0.4 is 5.32 Å². The summed E-state index contributed by atoms with van der Waals surface area (Å²) in [5, 5.41) is 12.2. The molecule has 0 spiro atoms. The third kappa shape index (κ3) is 5.63. The maximum Gasteiger partial charge on any atom is 0.251 e. The van der Waals surface area contributed by atoms with Crippen molar-refractivity contribution in [3.8, 4) is 17.1 Å². The number of halogens is 1. The molecule has 0 fully saturated rings. The van der Waals surface area contributed by atoms with Crippen LogP contribution in [0.2, 0.25) is 0 Å². The van der Waals surface area contributed by atoms with Crippen LogP contribution in [0.5, 0.6) is 0 Å². The van der Waals surface area contributed by atoms with Crippen LogP contribution in [0.15, 0.2) is 78.2 Å². The minimum Gasteiger partial charge on any atom is -0.383 e. The lowest BCUT2D eigenvalue weighted by atomic mass is 10.1. The van der Waals surface area contributed by atoms with Gasteiger partial charge >= 0.3 is 0 Å². The smallest absolute Gasteiger partial charge is 0.251 e. The second-order valence-electron chi connectivity index (χ2n) is 7.09. The van der Waals surface area contributed by atoms with Crippen LogP contribution in [0.1, 0.15) is 15.9 Å². The Kier molecular flexibility index (Phi) is 7.43. The molecule has 4 rings (SSSR count). The van der Waals surface area contributed by atoms with Crippen molar-refractivity contribution in [1.82, 2.24) is 25.1 Å². The van der Waals surface area contributed by atoms with Gasteiger partial charge in [0.1, 0.15) is 5.82 Å².